The second-order valence-electron chi connectivity index (χ2n) is 4.62. The molecule has 0 bridgehead atoms. The van der Waals surface area contributed by atoms with Crippen LogP contribution in [0.3, 0.4) is 0 Å². The zero-order valence-electron chi connectivity index (χ0n) is 10.5. The summed E-state index contributed by atoms with van der Waals surface area (Å²) in [6.07, 6.45) is 3.90. The van der Waals surface area contributed by atoms with Crippen LogP contribution in [-0.4, -0.2) is 11.8 Å². The summed E-state index contributed by atoms with van der Waals surface area (Å²) in [5, 5.41) is 2.46. The van der Waals surface area contributed by atoms with E-state index in [1.807, 2.05) is 13.0 Å². The van der Waals surface area contributed by atoms with Crippen LogP contribution in [0.15, 0.2) is 41.5 Å². The molecule has 0 saturated heterocycles. The van der Waals surface area contributed by atoms with Crippen LogP contribution in [0.4, 0.5) is 0 Å². The number of hydrogen-bond donors (Lipinski definition) is 1. The van der Waals surface area contributed by atoms with Gasteiger partial charge in [0.05, 0.1) is 0 Å². The number of nitrogens with one attached hydrogen (secondary N) is 1. The number of benzene rings is 1. The minimum absolute atomic E-state index is 0.235. The zero-order chi connectivity index (χ0) is 13.0. The van der Waals surface area contributed by atoms with Gasteiger partial charge >= 0.3 is 0 Å². The molecule has 0 aliphatic heterocycles. The fraction of sp³-hybridized carbons (Fsp3) is 0.333. The highest BCUT2D eigenvalue weighted by Crippen LogP contribution is 2.24. The number of hydrogen-bond acceptors (Lipinski definition) is 2. The fourth-order valence-electron chi connectivity index (χ4n) is 2.20. The van der Waals surface area contributed by atoms with Gasteiger partial charge in [-0.05, 0) is 44.7 Å². The van der Waals surface area contributed by atoms with Gasteiger partial charge in [-0.1, -0.05) is 23.8 Å². The van der Waals surface area contributed by atoms with E-state index in [0.29, 0.717) is 5.56 Å². The van der Waals surface area contributed by atoms with Gasteiger partial charge in [0.15, 0.2) is 0 Å². The van der Waals surface area contributed by atoms with Crippen LogP contribution in [0.5, 0.6) is 0 Å². The first-order valence-corrected chi connectivity index (χ1v) is 6.28. The summed E-state index contributed by atoms with van der Waals surface area (Å²) in [5.41, 5.74) is 2.41. The highest BCUT2D eigenvalue weighted by Gasteiger charge is 2.18. The number of carbonyl (C=O) groups is 2. The van der Waals surface area contributed by atoms with Crippen molar-refractivity contribution in [3.8, 4) is 0 Å². The Morgan fingerprint density at radius 2 is 1.67 bits per heavy atom. The van der Waals surface area contributed by atoms with Gasteiger partial charge in [-0.3, -0.25) is 14.9 Å². The van der Waals surface area contributed by atoms with Gasteiger partial charge in [-0.25, -0.2) is 0 Å². The molecule has 1 N–H and O–H groups in total. The first kappa shape index (κ1) is 12.6. The minimum Gasteiger partial charge on any atom is -0.288 e. The lowest BCUT2D eigenvalue weighted by atomic mass is 9.92. The van der Waals surface area contributed by atoms with E-state index in [1.54, 1.807) is 24.3 Å². The van der Waals surface area contributed by atoms with Crippen LogP contribution in [-0.2, 0) is 4.79 Å². The van der Waals surface area contributed by atoms with Gasteiger partial charge in [0.1, 0.15) is 0 Å². The average Bonchev–Trinajstić information content (AvgIpc) is 2.40. The maximum Gasteiger partial charge on any atom is 0.258 e. The number of imide groups is 1. The summed E-state index contributed by atoms with van der Waals surface area (Å²) >= 11 is 0. The smallest absolute Gasteiger partial charge is 0.258 e. The molecule has 1 aliphatic rings. The van der Waals surface area contributed by atoms with E-state index in [2.05, 4.69) is 5.32 Å². The van der Waals surface area contributed by atoms with Crippen LogP contribution >= 0.6 is 0 Å². The van der Waals surface area contributed by atoms with Crippen molar-refractivity contribution in [2.75, 3.05) is 0 Å². The van der Waals surface area contributed by atoms with Crippen molar-refractivity contribution in [1.82, 2.24) is 5.32 Å². The van der Waals surface area contributed by atoms with E-state index >= 15 is 0 Å². The van der Waals surface area contributed by atoms with E-state index in [9.17, 15) is 9.59 Å². The summed E-state index contributed by atoms with van der Waals surface area (Å²) in [5.74, 6) is -0.562. The van der Waals surface area contributed by atoms with Crippen LogP contribution in [0.1, 0.15) is 43.0 Å². The molecule has 1 aromatic rings. The van der Waals surface area contributed by atoms with E-state index in [0.717, 1.165) is 36.8 Å². The molecule has 0 unspecified atom stereocenters. The second kappa shape index (κ2) is 5.63. The molecule has 0 fully saturated rings. The van der Waals surface area contributed by atoms with Crippen LogP contribution in [0, 0.1) is 0 Å². The van der Waals surface area contributed by atoms with Crippen molar-refractivity contribution in [3.63, 3.8) is 0 Å². The molecule has 3 heteroatoms. The van der Waals surface area contributed by atoms with Crippen molar-refractivity contribution in [2.45, 2.75) is 32.6 Å². The van der Waals surface area contributed by atoms with Crippen LogP contribution in [0.2, 0.25) is 0 Å². The average molecular weight is 243 g/mol. The number of amides is 2. The molecule has 0 spiro atoms. The van der Waals surface area contributed by atoms with Gasteiger partial charge < -0.3 is 0 Å². The Kier molecular flexibility index (Phi) is 3.92. The third-order valence-corrected chi connectivity index (χ3v) is 3.28. The van der Waals surface area contributed by atoms with E-state index in [4.69, 9.17) is 0 Å². The molecule has 2 amide bonds. The topological polar surface area (TPSA) is 46.2 Å². The largest absolute Gasteiger partial charge is 0.288 e. The predicted octanol–water partition coefficient (Wildman–Crippen LogP) is 2.83. The lowest BCUT2D eigenvalue weighted by Gasteiger charge is -2.16. The summed E-state index contributed by atoms with van der Waals surface area (Å²) < 4.78 is 0. The van der Waals surface area contributed by atoms with Crippen molar-refractivity contribution >= 4 is 11.8 Å². The highest BCUT2D eigenvalue weighted by molar-refractivity contribution is 6.10. The van der Waals surface area contributed by atoms with Gasteiger partial charge in [0.25, 0.3) is 11.8 Å². The maximum absolute atomic E-state index is 12.0. The molecule has 0 saturated carbocycles. The maximum atomic E-state index is 12.0. The van der Waals surface area contributed by atoms with Gasteiger partial charge in [-0.15, -0.1) is 0 Å². The number of allylic oxidation sites excluding steroid dienone is 1. The summed E-state index contributed by atoms with van der Waals surface area (Å²) in [7, 11) is 0. The Bertz CT molecular complexity index is 488. The third-order valence-electron chi connectivity index (χ3n) is 3.28. The summed E-state index contributed by atoms with van der Waals surface area (Å²) in [4.78, 5) is 23.9. The van der Waals surface area contributed by atoms with Crippen molar-refractivity contribution < 1.29 is 9.59 Å². The Morgan fingerprint density at radius 3 is 2.33 bits per heavy atom. The molecule has 0 aromatic heterocycles. The lowest BCUT2D eigenvalue weighted by Crippen LogP contribution is -2.32. The Hall–Kier alpha value is -1.90. The Morgan fingerprint density at radius 1 is 1.00 bits per heavy atom. The van der Waals surface area contributed by atoms with Crippen LogP contribution < -0.4 is 5.32 Å². The van der Waals surface area contributed by atoms with Crippen molar-refractivity contribution in [2.24, 2.45) is 0 Å². The standard InChI is InChI=1S/C15H17NO2/c1-11-7-5-6-10-13(11)15(18)16-14(17)12-8-3-2-4-9-12/h2-4,8-9H,5-7,10H2,1H3,(H,16,17,18). The van der Waals surface area contributed by atoms with Crippen molar-refractivity contribution in [3.05, 3.63) is 47.0 Å². The predicted molar refractivity (Wildman–Crippen MR) is 70.1 cm³/mol. The SMILES string of the molecule is CC1=C(C(=O)NC(=O)c2ccccc2)CCCC1. The molecule has 94 valence electrons. The first-order chi connectivity index (χ1) is 8.68. The van der Waals surface area contributed by atoms with Gasteiger partial charge in [0.2, 0.25) is 0 Å². The molecule has 0 atom stereocenters. The Labute approximate surface area is 107 Å². The van der Waals surface area contributed by atoms with E-state index < -0.39 is 0 Å². The molecule has 1 aromatic carbocycles. The fourth-order valence-corrected chi connectivity index (χ4v) is 2.20. The number of rotatable bonds is 2. The molecule has 3 nitrogen and oxygen atoms in total. The molecular formula is C15H17NO2. The van der Waals surface area contributed by atoms with Gasteiger partial charge in [0, 0.05) is 11.1 Å². The quantitative estimate of drug-likeness (QED) is 0.812. The second-order valence-corrected chi connectivity index (χ2v) is 4.62. The molecule has 0 radical (unpaired) electrons. The Balaban J connectivity index is 2.06. The molecular weight excluding hydrogens is 226 g/mol. The normalized spacial score (nSPS) is 15.4. The van der Waals surface area contributed by atoms with E-state index in [-0.39, 0.29) is 11.8 Å². The third kappa shape index (κ3) is 2.86. The lowest BCUT2D eigenvalue weighted by molar-refractivity contribution is -0.116. The summed E-state index contributed by atoms with van der Waals surface area (Å²) in [6, 6.07) is 8.80. The first-order valence-electron chi connectivity index (χ1n) is 6.28. The van der Waals surface area contributed by atoms with Gasteiger partial charge in [-0.2, -0.15) is 0 Å². The van der Waals surface area contributed by atoms with Crippen molar-refractivity contribution in [1.29, 1.82) is 0 Å². The molecule has 18 heavy (non-hydrogen) atoms. The highest BCUT2D eigenvalue weighted by atomic mass is 16.2. The molecule has 0 heterocycles. The monoisotopic (exact) mass is 243 g/mol. The molecule has 1 aliphatic carbocycles. The van der Waals surface area contributed by atoms with Crippen LogP contribution in [0.25, 0.3) is 0 Å². The van der Waals surface area contributed by atoms with E-state index in [1.165, 1.54) is 0 Å². The zero-order valence-corrected chi connectivity index (χ0v) is 10.5. The number of carbonyl (C=O) groups excluding carboxylic acids is 2. The minimum atomic E-state index is -0.327. The molecule has 2 rings (SSSR count). The summed E-state index contributed by atoms with van der Waals surface area (Å²) in [6.45, 7) is 1.97.